The second kappa shape index (κ2) is 5.85. The van der Waals surface area contributed by atoms with Crippen LogP contribution in [-0.2, 0) is 0 Å². The molecule has 0 radical (unpaired) electrons. The van der Waals surface area contributed by atoms with Crippen LogP contribution in [0.5, 0.6) is 0 Å². The highest BCUT2D eigenvalue weighted by atomic mass is 16.2. The second-order valence-electron chi connectivity index (χ2n) is 4.82. The standard InChI is InChI=1S/C15H21NO/c1-2-3-4-5-6-11-14-12-9-7-8-10-13(12)15(17)16-14/h7-10,14H,2-6,11H2,1H3,(H,16,17). The van der Waals surface area contributed by atoms with Crippen molar-refractivity contribution in [1.82, 2.24) is 5.32 Å². The monoisotopic (exact) mass is 231 g/mol. The van der Waals surface area contributed by atoms with E-state index in [1.165, 1.54) is 37.7 Å². The van der Waals surface area contributed by atoms with Crippen LogP contribution in [-0.4, -0.2) is 5.91 Å². The summed E-state index contributed by atoms with van der Waals surface area (Å²) in [4.78, 5) is 11.7. The molecule has 0 bridgehead atoms. The molecule has 2 nitrogen and oxygen atoms in total. The number of carbonyl (C=O) groups excluding carboxylic acids is 1. The lowest BCUT2D eigenvalue weighted by Gasteiger charge is -2.11. The van der Waals surface area contributed by atoms with E-state index >= 15 is 0 Å². The Bertz CT molecular complexity index is 386. The zero-order valence-corrected chi connectivity index (χ0v) is 10.5. The smallest absolute Gasteiger partial charge is 0.252 e. The Balaban J connectivity index is 1.85. The van der Waals surface area contributed by atoms with E-state index in [0.717, 1.165) is 12.0 Å². The normalized spacial score (nSPS) is 17.9. The van der Waals surface area contributed by atoms with Gasteiger partial charge in [-0.2, -0.15) is 0 Å². The SMILES string of the molecule is CCCCCCCC1NC(=O)c2ccccc21. The highest BCUT2D eigenvalue weighted by Gasteiger charge is 2.26. The van der Waals surface area contributed by atoms with Crippen LogP contribution in [0.3, 0.4) is 0 Å². The number of hydrogen-bond donors (Lipinski definition) is 1. The van der Waals surface area contributed by atoms with Crippen molar-refractivity contribution >= 4 is 5.91 Å². The molecule has 1 unspecified atom stereocenters. The van der Waals surface area contributed by atoms with Gasteiger partial charge in [0.25, 0.3) is 5.91 Å². The Morgan fingerprint density at radius 1 is 1.12 bits per heavy atom. The minimum Gasteiger partial charge on any atom is -0.345 e. The molecule has 0 saturated carbocycles. The largest absolute Gasteiger partial charge is 0.345 e. The molecular formula is C15H21NO. The Labute approximate surface area is 103 Å². The van der Waals surface area contributed by atoms with Gasteiger partial charge < -0.3 is 5.32 Å². The first-order chi connectivity index (χ1) is 8.33. The molecule has 1 heterocycles. The summed E-state index contributed by atoms with van der Waals surface area (Å²) in [5.41, 5.74) is 2.05. The number of hydrogen-bond acceptors (Lipinski definition) is 1. The van der Waals surface area contributed by atoms with Crippen molar-refractivity contribution < 1.29 is 4.79 Å². The fraction of sp³-hybridized carbons (Fsp3) is 0.533. The van der Waals surface area contributed by atoms with Gasteiger partial charge in [0.1, 0.15) is 0 Å². The van der Waals surface area contributed by atoms with E-state index in [9.17, 15) is 4.79 Å². The van der Waals surface area contributed by atoms with Gasteiger partial charge in [-0.15, -0.1) is 0 Å². The molecule has 1 aromatic carbocycles. The summed E-state index contributed by atoms with van der Waals surface area (Å²) in [6.45, 7) is 2.23. The van der Waals surface area contributed by atoms with Gasteiger partial charge in [-0.05, 0) is 18.1 Å². The van der Waals surface area contributed by atoms with Crippen molar-refractivity contribution in [3.63, 3.8) is 0 Å². The fourth-order valence-corrected chi connectivity index (χ4v) is 2.50. The average molecular weight is 231 g/mol. The molecule has 1 atom stereocenters. The van der Waals surface area contributed by atoms with Crippen LogP contribution in [0.2, 0.25) is 0 Å². The van der Waals surface area contributed by atoms with Crippen molar-refractivity contribution in [2.75, 3.05) is 0 Å². The van der Waals surface area contributed by atoms with E-state index in [4.69, 9.17) is 0 Å². The molecule has 2 rings (SSSR count). The zero-order valence-electron chi connectivity index (χ0n) is 10.5. The molecule has 1 amide bonds. The third kappa shape index (κ3) is 2.87. The minimum atomic E-state index is 0.0964. The molecule has 1 N–H and O–H groups in total. The molecule has 92 valence electrons. The van der Waals surface area contributed by atoms with Crippen LogP contribution in [0.4, 0.5) is 0 Å². The maximum absolute atomic E-state index is 11.7. The summed E-state index contributed by atoms with van der Waals surface area (Å²) in [6, 6.07) is 8.19. The molecule has 0 spiro atoms. The number of carbonyl (C=O) groups is 1. The van der Waals surface area contributed by atoms with E-state index in [1.807, 2.05) is 18.2 Å². The van der Waals surface area contributed by atoms with Gasteiger partial charge in [-0.1, -0.05) is 57.2 Å². The molecular weight excluding hydrogens is 210 g/mol. The Morgan fingerprint density at radius 2 is 1.88 bits per heavy atom. The molecule has 0 fully saturated rings. The molecule has 1 aliphatic heterocycles. The van der Waals surface area contributed by atoms with Crippen LogP contribution in [0, 0.1) is 0 Å². The lowest BCUT2D eigenvalue weighted by molar-refractivity contribution is 0.0954. The molecule has 17 heavy (non-hydrogen) atoms. The van der Waals surface area contributed by atoms with Gasteiger partial charge in [0.05, 0.1) is 6.04 Å². The summed E-state index contributed by atoms with van der Waals surface area (Å²) in [6.07, 6.45) is 7.49. The lowest BCUT2D eigenvalue weighted by atomic mass is 9.99. The predicted octanol–water partition coefficient (Wildman–Crippen LogP) is 3.83. The van der Waals surface area contributed by atoms with E-state index in [0.29, 0.717) is 0 Å². The number of unbranched alkanes of at least 4 members (excludes halogenated alkanes) is 4. The lowest BCUT2D eigenvalue weighted by Crippen LogP contribution is -2.18. The van der Waals surface area contributed by atoms with Crippen LogP contribution in [0.25, 0.3) is 0 Å². The highest BCUT2D eigenvalue weighted by Crippen LogP contribution is 2.29. The van der Waals surface area contributed by atoms with Gasteiger partial charge in [0, 0.05) is 5.56 Å². The van der Waals surface area contributed by atoms with Crippen molar-refractivity contribution in [3.8, 4) is 0 Å². The summed E-state index contributed by atoms with van der Waals surface area (Å²) in [5.74, 6) is 0.0964. The molecule has 0 aliphatic carbocycles. The van der Waals surface area contributed by atoms with E-state index < -0.39 is 0 Å². The molecule has 1 aromatic rings. The van der Waals surface area contributed by atoms with E-state index in [-0.39, 0.29) is 11.9 Å². The zero-order chi connectivity index (χ0) is 12.1. The number of benzene rings is 1. The third-order valence-electron chi connectivity index (χ3n) is 3.48. The summed E-state index contributed by atoms with van der Waals surface area (Å²) < 4.78 is 0. The maximum atomic E-state index is 11.7. The van der Waals surface area contributed by atoms with Gasteiger partial charge in [0.2, 0.25) is 0 Å². The first-order valence-corrected chi connectivity index (χ1v) is 6.72. The Hall–Kier alpha value is -1.31. The summed E-state index contributed by atoms with van der Waals surface area (Å²) in [5, 5.41) is 3.07. The van der Waals surface area contributed by atoms with Gasteiger partial charge in [-0.25, -0.2) is 0 Å². The predicted molar refractivity (Wildman–Crippen MR) is 70.0 cm³/mol. The van der Waals surface area contributed by atoms with Gasteiger partial charge >= 0.3 is 0 Å². The number of amides is 1. The molecule has 2 heteroatoms. The van der Waals surface area contributed by atoms with Crippen molar-refractivity contribution in [2.45, 2.75) is 51.5 Å². The van der Waals surface area contributed by atoms with E-state index in [2.05, 4.69) is 18.3 Å². The molecule has 1 aliphatic rings. The van der Waals surface area contributed by atoms with Gasteiger partial charge in [-0.3, -0.25) is 4.79 Å². The van der Waals surface area contributed by atoms with Crippen LogP contribution in [0.15, 0.2) is 24.3 Å². The fourth-order valence-electron chi connectivity index (χ4n) is 2.50. The van der Waals surface area contributed by atoms with Crippen molar-refractivity contribution in [2.24, 2.45) is 0 Å². The Morgan fingerprint density at radius 3 is 2.71 bits per heavy atom. The van der Waals surface area contributed by atoms with Crippen molar-refractivity contribution in [1.29, 1.82) is 0 Å². The quantitative estimate of drug-likeness (QED) is 0.741. The average Bonchev–Trinajstić information content (AvgIpc) is 2.67. The molecule has 0 saturated heterocycles. The van der Waals surface area contributed by atoms with Crippen LogP contribution in [0.1, 0.15) is 67.4 Å². The minimum absolute atomic E-state index is 0.0964. The first-order valence-electron chi connectivity index (χ1n) is 6.72. The van der Waals surface area contributed by atoms with Crippen molar-refractivity contribution in [3.05, 3.63) is 35.4 Å². The number of fused-ring (bicyclic) bond motifs is 1. The van der Waals surface area contributed by atoms with Crippen LogP contribution >= 0.6 is 0 Å². The number of nitrogens with one attached hydrogen (secondary N) is 1. The number of rotatable bonds is 6. The Kier molecular flexibility index (Phi) is 4.18. The van der Waals surface area contributed by atoms with E-state index in [1.54, 1.807) is 0 Å². The topological polar surface area (TPSA) is 29.1 Å². The van der Waals surface area contributed by atoms with Crippen LogP contribution < -0.4 is 5.32 Å². The first kappa shape index (κ1) is 12.2. The summed E-state index contributed by atoms with van der Waals surface area (Å²) >= 11 is 0. The summed E-state index contributed by atoms with van der Waals surface area (Å²) in [7, 11) is 0. The maximum Gasteiger partial charge on any atom is 0.252 e. The second-order valence-corrected chi connectivity index (χ2v) is 4.82. The van der Waals surface area contributed by atoms with Gasteiger partial charge in [0.15, 0.2) is 0 Å². The third-order valence-corrected chi connectivity index (χ3v) is 3.48. The highest BCUT2D eigenvalue weighted by molar-refractivity contribution is 5.99. The molecule has 0 aromatic heterocycles.